The van der Waals surface area contributed by atoms with Crippen molar-refractivity contribution in [1.29, 1.82) is 0 Å². The Hall–Kier alpha value is -1.26. The molecular formula is C11H11N. The van der Waals surface area contributed by atoms with Gasteiger partial charge in [0, 0.05) is 17.5 Å². The van der Waals surface area contributed by atoms with Crippen molar-refractivity contribution in [3.63, 3.8) is 0 Å². The summed E-state index contributed by atoms with van der Waals surface area (Å²) in [5.74, 6) is 3.17. The molecule has 0 amide bonds. The number of nitrogens with two attached hydrogens (primary N) is 1. The Morgan fingerprint density at radius 2 is 1.92 bits per heavy atom. The molecule has 1 nitrogen and oxygen atoms in total. The van der Waals surface area contributed by atoms with Gasteiger partial charge in [-0.2, -0.15) is 0 Å². The first kappa shape index (κ1) is 7.39. The van der Waals surface area contributed by atoms with E-state index in [1.807, 2.05) is 12.1 Å². The van der Waals surface area contributed by atoms with E-state index < -0.39 is 0 Å². The summed E-state index contributed by atoms with van der Waals surface area (Å²) in [5.41, 5.74) is 7.99. The molecule has 60 valence electrons. The highest BCUT2D eigenvalue weighted by atomic mass is 14.7. The molecule has 0 bridgehead atoms. The lowest BCUT2D eigenvalue weighted by Gasteiger charge is -1.97. The largest absolute Gasteiger partial charge is 0.327 e. The van der Waals surface area contributed by atoms with E-state index in [2.05, 4.69) is 18.1 Å². The summed E-state index contributed by atoms with van der Waals surface area (Å²) in [7, 11) is 0. The predicted molar refractivity (Wildman–Crippen MR) is 49.7 cm³/mol. The first-order chi connectivity index (χ1) is 5.81. The summed E-state index contributed by atoms with van der Waals surface area (Å²) in [6.45, 7) is 0. The molecule has 1 aliphatic carbocycles. The van der Waals surface area contributed by atoms with Crippen molar-refractivity contribution in [2.75, 3.05) is 0 Å². The van der Waals surface area contributed by atoms with Crippen LogP contribution in [-0.4, -0.2) is 6.04 Å². The van der Waals surface area contributed by atoms with Gasteiger partial charge in [0.25, 0.3) is 0 Å². The number of benzene rings is 1. The van der Waals surface area contributed by atoms with Gasteiger partial charge in [0.1, 0.15) is 0 Å². The fourth-order valence-electron chi connectivity index (χ4n) is 1.42. The Kier molecular flexibility index (Phi) is 1.64. The molecule has 1 saturated carbocycles. The fraction of sp³-hybridized carbons (Fsp3) is 0.273. The predicted octanol–water partition coefficient (Wildman–Crippen LogP) is 1.48. The molecular weight excluding hydrogens is 146 g/mol. The minimum atomic E-state index is 0.377. The highest BCUT2D eigenvalue weighted by molar-refractivity contribution is 5.37. The summed E-state index contributed by atoms with van der Waals surface area (Å²) in [6, 6.07) is 8.47. The van der Waals surface area contributed by atoms with Gasteiger partial charge in [-0.05, 0) is 24.1 Å². The van der Waals surface area contributed by atoms with Crippen LogP contribution in [0.1, 0.15) is 23.5 Å². The highest BCUT2D eigenvalue weighted by Gasteiger charge is 2.34. The smallest absolute Gasteiger partial charge is 0.0242 e. The van der Waals surface area contributed by atoms with Gasteiger partial charge in [0.05, 0.1) is 0 Å². The van der Waals surface area contributed by atoms with Gasteiger partial charge in [0.2, 0.25) is 0 Å². The molecule has 2 unspecified atom stereocenters. The van der Waals surface area contributed by atoms with Crippen LogP contribution in [0.5, 0.6) is 0 Å². The number of hydrogen-bond donors (Lipinski definition) is 1. The van der Waals surface area contributed by atoms with Gasteiger partial charge in [-0.15, -0.1) is 6.42 Å². The summed E-state index contributed by atoms with van der Waals surface area (Å²) in [5, 5.41) is 0. The van der Waals surface area contributed by atoms with Crippen molar-refractivity contribution in [2.24, 2.45) is 5.73 Å². The average molecular weight is 157 g/mol. The molecule has 2 rings (SSSR count). The summed E-state index contributed by atoms with van der Waals surface area (Å²) in [6.07, 6.45) is 6.36. The van der Waals surface area contributed by atoms with E-state index in [0.29, 0.717) is 12.0 Å². The molecule has 0 spiro atoms. The molecule has 12 heavy (non-hydrogen) atoms. The molecule has 2 atom stereocenters. The number of rotatable bonds is 1. The van der Waals surface area contributed by atoms with Crippen LogP contribution in [0.15, 0.2) is 24.3 Å². The second-order valence-corrected chi connectivity index (χ2v) is 3.27. The van der Waals surface area contributed by atoms with E-state index in [4.69, 9.17) is 12.2 Å². The summed E-state index contributed by atoms with van der Waals surface area (Å²) in [4.78, 5) is 0. The topological polar surface area (TPSA) is 26.0 Å². The van der Waals surface area contributed by atoms with Crippen LogP contribution < -0.4 is 5.73 Å². The highest BCUT2D eigenvalue weighted by Crippen LogP contribution is 2.38. The van der Waals surface area contributed by atoms with E-state index in [-0.39, 0.29) is 0 Å². The van der Waals surface area contributed by atoms with Crippen LogP contribution in [0.4, 0.5) is 0 Å². The van der Waals surface area contributed by atoms with Crippen molar-refractivity contribution >= 4 is 0 Å². The molecule has 0 radical (unpaired) electrons. The Bertz CT molecular complexity index is 318. The third-order valence-electron chi connectivity index (χ3n) is 2.35. The first-order valence-electron chi connectivity index (χ1n) is 4.13. The third kappa shape index (κ3) is 1.22. The lowest BCUT2D eigenvalue weighted by molar-refractivity contribution is 0.990. The molecule has 0 aromatic heterocycles. The lowest BCUT2D eigenvalue weighted by Crippen LogP contribution is -2.00. The first-order valence-corrected chi connectivity index (χ1v) is 4.13. The Morgan fingerprint density at radius 3 is 2.33 bits per heavy atom. The molecule has 1 aliphatic rings. The van der Waals surface area contributed by atoms with Gasteiger partial charge in [-0.3, -0.25) is 0 Å². The maximum atomic E-state index is 5.73. The molecule has 0 heterocycles. The van der Waals surface area contributed by atoms with Crippen molar-refractivity contribution in [2.45, 2.75) is 18.4 Å². The van der Waals surface area contributed by atoms with Gasteiger partial charge in [-0.1, -0.05) is 18.1 Å². The zero-order chi connectivity index (χ0) is 8.55. The molecule has 0 saturated heterocycles. The van der Waals surface area contributed by atoms with E-state index >= 15 is 0 Å². The fourth-order valence-corrected chi connectivity index (χ4v) is 1.42. The van der Waals surface area contributed by atoms with Crippen LogP contribution in [0.2, 0.25) is 0 Å². The van der Waals surface area contributed by atoms with Gasteiger partial charge >= 0.3 is 0 Å². The van der Waals surface area contributed by atoms with Crippen LogP contribution >= 0.6 is 0 Å². The second kappa shape index (κ2) is 2.66. The quantitative estimate of drug-likeness (QED) is 0.614. The van der Waals surface area contributed by atoms with Crippen LogP contribution in [0.25, 0.3) is 0 Å². The Labute approximate surface area is 72.6 Å². The zero-order valence-corrected chi connectivity index (χ0v) is 6.83. The Balaban J connectivity index is 2.21. The maximum absolute atomic E-state index is 5.73. The van der Waals surface area contributed by atoms with Crippen LogP contribution in [0.3, 0.4) is 0 Å². The van der Waals surface area contributed by atoms with Crippen molar-refractivity contribution in [1.82, 2.24) is 0 Å². The average Bonchev–Trinajstić information content (AvgIpc) is 2.83. The lowest BCUT2D eigenvalue weighted by atomic mass is 10.1. The van der Waals surface area contributed by atoms with Crippen LogP contribution in [0, 0.1) is 12.3 Å². The molecule has 1 aromatic carbocycles. The maximum Gasteiger partial charge on any atom is 0.0242 e. The zero-order valence-electron chi connectivity index (χ0n) is 6.83. The summed E-state index contributed by atoms with van der Waals surface area (Å²) < 4.78 is 0. The monoisotopic (exact) mass is 157 g/mol. The van der Waals surface area contributed by atoms with Crippen molar-refractivity contribution in [3.8, 4) is 12.3 Å². The molecule has 0 aliphatic heterocycles. The minimum absolute atomic E-state index is 0.377. The van der Waals surface area contributed by atoms with Crippen molar-refractivity contribution in [3.05, 3.63) is 35.4 Å². The molecule has 1 heteroatoms. The van der Waals surface area contributed by atoms with Gasteiger partial charge in [0.15, 0.2) is 0 Å². The SMILES string of the molecule is C#Cc1ccc(C2CC2N)cc1. The Morgan fingerprint density at radius 1 is 1.33 bits per heavy atom. The van der Waals surface area contributed by atoms with Crippen molar-refractivity contribution < 1.29 is 0 Å². The van der Waals surface area contributed by atoms with E-state index in [1.165, 1.54) is 5.56 Å². The van der Waals surface area contributed by atoms with E-state index in [0.717, 1.165) is 12.0 Å². The van der Waals surface area contributed by atoms with Crippen LogP contribution in [-0.2, 0) is 0 Å². The molecule has 1 aromatic rings. The van der Waals surface area contributed by atoms with E-state index in [9.17, 15) is 0 Å². The third-order valence-corrected chi connectivity index (χ3v) is 2.35. The van der Waals surface area contributed by atoms with Gasteiger partial charge < -0.3 is 5.73 Å². The molecule has 2 N–H and O–H groups in total. The standard InChI is InChI=1S/C11H11N/c1-2-8-3-5-9(6-4-8)10-7-11(10)12/h1,3-6,10-11H,7,12H2. The van der Waals surface area contributed by atoms with Gasteiger partial charge in [-0.25, -0.2) is 0 Å². The second-order valence-electron chi connectivity index (χ2n) is 3.27. The minimum Gasteiger partial charge on any atom is -0.327 e. The molecule has 1 fully saturated rings. The number of terminal acetylenes is 1. The summed E-state index contributed by atoms with van der Waals surface area (Å²) >= 11 is 0. The van der Waals surface area contributed by atoms with E-state index in [1.54, 1.807) is 0 Å². The normalized spacial score (nSPS) is 26.3. The number of hydrogen-bond acceptors (Lipinski definition) is 1.